The van der Waals surface area contributed by atoms with Crippen LogP contribution in [0.5, 0.6) is 0 Å². The third kappa shape index (κ3) is 4.01. The minimum absolute atomic E-state index is 0.00268. The van der Waals surface area contributed by atoms with Gasteiger partial charge in [-0.3, -0.25) is 4.79 Å². The van der Waals surface area contributed by atoms with Gasteiger partial charge in [-0.05, 0) is 31.5 Å². The summed E-state index contributed by atoms with van der Waals surface area (Å²) in [5, 5.41) is 2.85. The summed E-state index contributed by atoms with van der Waals surface area (Å²) in [5.41, 5.74) is 7.13. The lowest BCUT2D eigenvalue weighted by Gasteiger charge is -2.07. The van der Waals surface area contributed by atoms with Gasteiger partial charge in [0, 0.05) is 32.5 Å². The lowest BCUT2D eigenvalue weighted by atomic mass is 10.2. The van der Waals surface area contributed by atoms with Crippen molar-refractivity contribution in [1.29, 1.82) is 0 Å². The van der Waals surface area contributed by atoms with Crippen molar-refractivity contribution in [3.63, 3.8) is 0 Å². The van der Waals surface area contributed by atoms with E-state index < -0.39 is 0 Å². The number of nitrogens with two attached hydrogens (primary N) is 1. The number of aromatic nitrogens is 2. The Bertz CT molecular complexity index is 636. The molecule has 114 valence electrons. The van der Waals surface area contributed by atoms with Gasteiger partial charge in [-0.15, -0.1) is 0 Å². The molecule has 2 rings (SSSR count). The first-order valence-corrected chi connectivity index (χ1v) is 7.10. The largest absolute Gasteiger partial charge is 0.356 e. The van der Waals surface area contributed by atoms with Crippen molar-refractivity contribution in [2.24, 2.45) is 12.8 Å². The lowest BCUT2D eigenvalue weighted by Crippen LogP contribution is -2.28. The Morgan fingerprint density at radius 3 is 3.00 bits per heavy atom. The molecule has 1 aromatic heterocycles. The summed E-state index contributed by atoms with van der Waals surface area (Å²) >= 11 is 0. The van der Waals surface area contributed by atoms with Crippen LogP contribution in [-0.2, 0) is 18.3 Å². The van der Waals surface area contributed by atoms with Crippen LogP contribution in [0.3, 0.4) is 0 Å². The Hall–Kier alpha value is -1.95. The van der Waals surface area contributed by atoms with Gasteiger partial charge in [-0.25, -0.2) is 9.37 Å². The molecule has 1 atom stereocenters. The molecule has 0 aliphatic carbocycles. The molecule has 5 nitrogen and oxygen atoms in total. The molecule has 0 spiro atoms. The maximum Gasteiger partial charge on any atom is 0.220 e. The smallest absolute Gasteiger partial charge is 0.220 e. The highest BCUT2D eigenvalue weighted by molar-refractivity contribution is 5.76. The van der Waals surface area contributed by atoms with Crippen LogP contribution < -0.4 is 11.1 Å². The summed E-state index contributed by atoms with van der Waals surface area (Å²) < 4.78 is 15.1. The highest BCUT2D eigenvalue weighted by atomic mass is 19.1. The Balaban J connectivity index is 1.92. The maximum atomic E-state index is 13.2. The quantitative estimate of drug-likeness (QED) is 0.847. The van der Waals surface area contributed by atoms with Crippen LogP contribution in [0.2, 0.25) is 0 Å². The van der Waals surface area contributed by atoms with Gasteiger partial charge in [0.2, 0.25) is 5.91 Å². The van der Waals surface area contributed by atoms with Gasteiger partial charge in [0.1, 0.15) is 11.6 Å². The molecule has 0 bridgehead atoms. The van der Waals surface area contributed by atoms with E-state index in [0.717, 1.165) is 16.9 Å². The van der Waals surface area contributed by atoms with E-state index in [1.165, 1.54) is 12.1 Å². The maximum absolute atomic E-state index is 13.2. The van der Waals surface area contributed by atoms with Crippen molar-refractivity contribution in [2.45, 2.75) is 32.2 Å². The van der Waals surface area contributed by atoms with E-state index in [4.69, 9.17) is 5.73 Å². The predicted octanol–water partition coefficient (Wildman–Crippen LogP) is 1.50. The molecule has 1 aromatic carbocycles. The third-order valence-corrected chi connectivity index (χ3v) is 3.43. The number of halogens is 1. The molecule has 0 radical (unpaired) electrons. The summed E-state index contributed by atoms with van der Waals surface area (Å²) in [7, 11) is 1.85. The first kappa shape index (κ1) is 15.4. The fourth-order valence-electron chi connectivity index (χ4n) is 2.20. The number of amides is 1. The predicted molar refractivity (Wildman–Crippen MR) is 80.3 cm³/mol. The SMILES string of the molecule is CC(N)CCC(=O)NCCc1nc2ccc(F)cc2n1C. The van der Waals surface area contributed by atoms with Crippen LogP contribution in [0.4, 0.5) is 4.39 Å². The highest BCUT2D eigenvalue weighted by Crippen LogP contribution is 2.16. The van der Waals surface area contributed by atoms with E-state index >= 15 is 0 Å². The van der Waals surface area contributed by atoms with Crippen molar-refractivity contribution in [2.75, 3.05) is 6.54 Å². The third-order valence-electron chi connectivity index (χ3n) is 3.43. The number of imidazole rings is 1. The minimum Gasteiger partial charge on any atom is -0.356 e. The number of fused-ring (bicyclic) bond motifs is 1. The Kier molecular flexibility index (Phi) is 4.90. The summed E-state index contributed by atoms with van der Waals surface area (Å²) in [4.78, 5) is 16.0. The van der Waals surface area contributed by atoms with E-state index in [2.05, 4.69) is 10.3 Å². The molecular formula is C15H21FN4O. The van der Waals surface area contributed by atoms with Crippen LogP contribution in [0.15, 0.2) is 18.2 Å². The van der Waals surface area contributed by atoms with Crippen molar-refractivity contribution in [3.05, 3.63) is 29.8 Å². The molecule has 0 aliphatic rings. The molecule has 6 heteroatoms. The topological polar surface area (TPSA) is 72.9 Å². The van der Waals surface area contributed by atoms with Gasteiger partial charge in [0.25, 0.3) is 0 Å². The molecule has 0 saturated heterocycles. The molecule has 1 amide bonds. The van der Waals surface area contributed by atoms with E-state index in [9.17, 15) is 9.18 Å². The second-order valence-corrected chi connectivity index (χ2v) is 5.34. The monoisotopic (exact) mass is 292 g/mol. The summed E-state index contributed by atoms with van der Waals surface area (Å²) in [6.45, 7) is 2.39. The first-order chi connectivity index (χ1) is 9.97. The zero-order valence-electron chi connectivity index (χ0n) is 12.4. The van der Waals surface area contributed by atoms with Crippen molar-refractivity contribution < 1.29 is 9.18 Å². The molecule has 1 heterocycles. The molecule has 0 aliphatic heterocycles. The van der Waals surface area contributed by atoms with Gasteiger partial charge in [0.05, 0.1) is 11.0 Å². The number of nitrogens with one attached hydrogen (secondary N) is 1. The number of nitrogens with zero attached hydrogens (tertiary/aromatic N) is 2. The summed E-state index contributed by atoms with van der Waals surface area (Å²) in [6.07, 6.45) is 1.72. The Morgan fingerprint density at radius 1 is 1.52 bits per heavy atom. The summed E-state index contributed by atoms with van der Waals surface area (Å²) in [6, 6.07) is 4.56. The minimum atomic E-state index is -0.277. The van der Waals surface area contributed by atoms with E-state index in [1.807, 2.05) is 18.5 Å². The van der Waals surface area contributed by atoms with Gasteiger partial charge in [-0.2, -0.15) is 0 Å². The number of carbonyl (C=O) groups excluding carboxylic acids is 1. The van der Waals surface area contributed by atoms with Crippen LogP contribution in [-0.4, -0.2) is 28.0 Å². The molecular weight excluding hydrogens is 271 g/mol. The van der Waals surface area contributed by atoms with Gasteiger partial charge >= 0.3 is 0 Å². The highest BCUT2D eigenvalue weighted by Gasteiger charge is 2.09. The molecule has 0 saturated carbocycles. The fraction of sp³-hybridized carbons (Fsp3) is 0.467. The van der Waals surface area contributed by atoms with E-state index in [0.29, 0.717) is 25.8 Å². The Morgan fingerprint density at radius 2 is 2.29 bits per heavy atom. The van der Waals surface area contributed by atoms with Gasteiger partial charge in [0.15, 0.2) is 0 Å². The number of hydrogen-bond acceptors (Lipinski definition) is 3. The molecule has 0 fully saturated rings. The number of carbonyl (C=O) groups is 1. The zero-order chi connectivity index (χ0) is 15.4. The van der Waals surface area contributed by atoms with Crippen molar-refractivity contribution in [1.82, 2.24) is 14.9 Å². The van der Waals surface area contributed by atoms with E-state index in [1.54, 1.807) is 6.07 Å². The molecule has 3 N–H and O–H groups in total. The Labute approximate surface area is 123 Å². The van der Waals surface area contributed by atoms with Crippen molar-refractivity contribution in [3.8, 4) is 0 Å². The standard InChI is InChI=1S/C15H21FN4O/c1-10(17)3-6-15(21)18-8-7-14-19-12-5-4-11(16)9-13(12)20(14)2/h4-5,9-10H,3,6-8,17H2,1-2H3,(H,18,21). The number of benzene rings is 1. The second kappa shape index (κ2) is 6.67. The number of rotatable bonds is 6. The fourth-order valence-corrected chi connectivity index (χ4v) is 2.20. The molecule has 21 heavy (non-hydrogen) atoms. The average molecular weight is 292 g/mol. The second-order valence-electron chi connectivity index (χ2n) is 5.34. The van der Waals surface area contributed by atoms with Crippen LogP contribution in [0.1, 0.15) is 25.6 Å². The number of aryl methyl sites for hydroxylation is 1. The van der Waals surface area contributed by atoms with E-state index in [-0.39, 0.29) is 17.8 Å². The summed E-state index contributed by atoms with van der Waals surface area (Å²) in [5.74, 6) is 0.543. The average Bonchev–Trinajstić information content (AvgIpc) is 2.73. The van der Waals surface area contributed by atoms with Gasteiger partial charge in [-0.1, -0.05) is 0 Å². The molecule has 2 aromatic rings. The first-order valence-electron chi connectivity index (χ1n) is 7.10. The van der Waals surface area contributed by atoms with Crippen LogP contribution >= 0.6 is 0 Å². The lowest BCUT2D eigenvalue weighted by molar-refractivity contribution is -0.121. The number of hydrogen-bond donors (Lipinski definition) is 2. The van der Waals surface area contributed by atoms with Crippen molar-refractivity contribution >= 4 is 16.9 Å². The zero-order valence-corrected chi connectivity index (χ0v) is 12.4. The van der Waals surface area contributed by atoms with Crippen LogP contribution in [0, 0.1) is 5.82 Å². The molecule has 1 unspecified atom stereocenters. The van der Waals surface area contributed by atoms with Crippen LogP contribution in [0.25, 0.3) is 11.0 Å². The van der Waals surface area contributed by atoms with Gasteiger partial charge < -0.3 is 15.6 Å². The normalized spacial score (nSPS) is 12.6.